The Balaban J connectivity index is 0.00000220. The van der Waals surface area contributed by atoms with Gasteiger partial charge in [0.1, 0.15) is 16.5 Å². The van der Waals surface area contributed by atoms with Gasteiger partial charge in [0.25, 0.3) is 5.91 Å². The van der Waals surface area contributed by atoms with E-state index in [-0.39, 0.29) is 42.6 Å². The molecule has 1 amide bonds. The number of nitrogens with one attached hydrogen (secondary N) is 1. The van der Waals surface area contributed by atoms with Crippen molar-refractivity contribution in [2.75, 3.05) is 6.54 Å². The second-order valence-electron chi connectivity index (χ2n) is 4.54. The molecule has 1 heterocycles. The van der Waals surface area contributed by atoms with E-state index < -0.39 is 0 Å². The Kier molecular flexibility index (Phi) is 9.20. The number of thiazole rings is 1. The molecule has 3 N–H and O–H groups in total. The summed E-state index contributed by atoms with van der Waals surface area (Å²) < 4.78 is 13.6. The van der Waals surface area contributed by atoms with Crippen molar-refractivity contribution in [2.45, 2.75) is 19.4 Å². The molecule has 122 valence electrons. The highest BCUT2D eigenvalue weighted by Gasteiger charge is 2.13. The molecule has 1 aromatic heterocycles. The van der Waals surface area contributed by atoms with Crippen LogP contribution in [-0.4, -0.2) is 23.5 Å². The van der Waals surface area contributed by atoms with Crippen LogP contribution in [0.25, 0.3) is 10.6 Å². The van der Waals surface area contributed by atoms with Crippen molar-refractivity contribution < 1.29 is 9.18 Å². The molecule has 1 aromatic carbocycles. The summed E-state index contributed by atoms with van der Waals surface area (Å²) in [7, 11) is 0. The minimum Gasteiger partial charge on any atom is -0.351 e. The summed E-state index contributed by atoms with van der Waals surface area (Å²) in [6, 6.07) is 6.42. The van der Waals surface area contributed by atoms with Crippen LogP contribution in [-0.2, 0) is 0 Å². The predicted molar refractivity (Wildman–Crippen MR) is 92.6 cm³/mol. The summed E-state index contributed by atoms with van der Waals surface area (Å²) in [6.45, 7) is 2.38. The number of hydrogen-bond donors (Lipinski definition) is 2. The Hall–Kier alpha value is -1.21. The topological polar surface area (TPSA) is 68.0 Å². The van der Waals surface area contributed by atoms with Gasteiger partial charge < -0.3 is 11.1 Å². The van der Waals surface area contributed by atoms with E-state index in [4.69, 9.17) is 5.73 Å². The minimum absolute atomic E-state index is 0. The van der Waals surface area contributed by atoms with Crippen molar-refractivity contribution in [2.24, 2.45) is 5.73 Å². The molecule has 0 spiro atoms. The highest BCUT2D eigenvalue weighted by molar-refractivity contribution is 7.13. The molecule has 4 nitrogen and oxygen atoms in total. The van der Waals surface area contributed by atoms with Gasteiger partial charge in [0.15, 0.2) is 0 Å². The van der Waals surface area contributed by atoms with Gasteiger partial charge in [-0.15, -0.1) is 36.2 Å². The predicted octanol–water partition coefficient (Wildman–Crippen LogP) is 3.26. The van der Waals surface area contributed by atoms with E-state index in [0.717, 1.165) is 0 Å². The summed E-state index contributed by atoms with van der Waals surface area (Å²) in [5, 5.41) is 4.87. The van der Waals surface area contributed by atoms with E-state index in [9.17, 15) is 9.18 Å². The summed E-state index contributed by atoms with van der Waals surface area (Å²) in [4.78, 5) is 16.0. The van der Waals surface area contributed by atoms with Gasteiger partial charge in [-0.25, -0.2) is 9.37 Å². The van der Waals surface area contributed by atoms with Crippen LogP contribution >= 0.6 is 36.2 Å². The van der Waals surface area contributed by atoms with Gasteiger partial charge in [0, 0.05) is 23.5 Å². The third-order valence-corrected chi connectivity index (χ3v) is 3.60. The Morgan fingerprint density at radius 3 is 2.73 bits per heavy atom. The van der Waals surface area contributed by atoms with Crippen LogP contribution in [0, 0.1) is 5.82 Å². The third-order valence-electron chi connectivity index (χ3n) is 2.73. The van der Waals surface area contributed by atoms with Crippen molar-refractivity contribution in [1.29, 1.82) is 0 Å². The van der Waals surface area contributed by atoms with E-state index in [1.807, 2.05) is 6.92 Å². The molecule has 0 saturated carbocycles. The van der Waals surface area contributed by atoms with E-state index in [0.29, 0.717) is 29.2 Å². The maximum atomic E-state index is 13.6. The third kappa shape index (κ3) is 5.53. The number of aromatic nitrogens is 1. The molecule has 0 radical (unpaired) electrons. The van der Waals surface area contributed by atoms with Crippen molar-refractivity contribution in [3.8, 4) is 10.6 Å². The zero-order valence-electron chi connectivity index (χ0n) is 11.9. The van der Waals surface area contributed by atoms with E-state index in [2.05, 4.69) is 10.3 Å². The lowest BCUT2D eigenvalue weighted by Crippen LogP contribution is -2.29. The summed E-state index contributed by atoms with van der Waals surface area (Å²) in [5.41, 5.74) is 6.32. The molecule has 0 aliphatic rings. The lowest BCUT2D eigenvalue weighted by molar-refractivity contribution is 0.0948. The van der Waals surface area contributed by atoms with Gasteiger partial charge in [-0.1, -0.05) is 12.1 Å². The monoisotopic (exact) mass is 365 g/mol. The Bertz CT molecular complexity index is 607. The van der Waals surface area contributed by atoms with Crippen molar-refractivity contribution >= 4 is 42.1 Å². The Morgan fingerprint density at radius 2 is 2.09 bits per heavy atom. The summed E-state index contributed by atoms with van der Waals surface area (Å²) >= 11 is 1.25. The lowest BCUT2D eigenvalue weighted by atomic mass is 10.2. The number of nitrogens with two attached hydrogens (primary N) is 1. The molecule has 0 aliphatic heterocycles. The standard InChI is InChI=1S/C14H16FN3OS.2ClH/c1-9(16)6-7-17-13(19)12-8-20-14(18-12)10-4-2-3-5-11(10)15;;/h2-5,8-9H,6-7,16H2,1H3,(H,17,19);2*1H. The van der Waals surface area contributed by atoms with Crippen LogP contribution < -0.4 is 11.1 Å². The molecule has 0 saturated heterocycles. The van der Waals surface area contributed by atoms with Crippen LogP contribution in [0.1, 0.15) is 23.8 Å². The summed E-state index contributed by atoms with van der Waals surface area (Å²) in [5.74, 6) is -0.602. The van der Waals surface area contributed by atoms with Crippen molar-refractivity contribution in [3.05, 3.63) is 41.2 Å². The molecule has 1 atom stereocenters. The average molecular weight is 366 g/mol. The molecule has 2 rings (SSSR count). The Labute approximate surface area is 145 Å². The second kappa shape index (κ2) is 9.74. The van der Waals surface area contributed by atoms with Gasteiger partial charge in [0.05, 0.1) is 0 Å². The number of halogens is 3. The lowest BCUT2D eigenvalue weighted by Gasteiger charge is -2.05. The molecular weight excluding hydrogens is 348 g/mol. The molecule has 0 fully saturated rings. The molecule has 8 heteroatoms. The number of nitrogens with zero attached hydrogens (tertiary/aromatic N) is 1. The van der Waals surface area contributed by atoms with Crippen molar-refractivity contribution in [3.63, 3.8) is 0 Å². The average Bonchev–Trinajstić information content (AvgIpc) is 2.88. The first kappa shape index (κ1) is 20.8. The molecular formula is C14H18Cl2FN3OS. The fourth-order valence-electron chi connectivity index (χ4n) is 1.64. The maximum absolute atomic E-state index is 13.6. The fourth-order valence-corrected chi connectivity index (χ4v) is 2.47. The van der Waals surface area contributed by atoms with Gasteiger partial charge in [-0.2, -0.15) is 0 Å². The zero-order chi connectivity index (χ0) is 14.5. The summed E-state index contributed by atoms with van der Waals surface area (Å²) in [6.07, 6.45) is 0.704. The van der Waals surface area contributed by atoms with Crippen molar-refractivity contribution in [1.82, 2.24) is 10.3 Å². The SMILES string of the molecule is CC(N)CCNC(=O)c1csc(-c2ccccc2F)n1.Cl.Cl. The first-order valence-electron chi connectivity index (χ1n) is 6.32. The van der Waals surface area contributed by atoms with E-state index in [1.165, 1.54) is 17.4 Å². The van der Waals surface area contributed by atoms with Crippen LogP contribution in [0.2, 0.25) is 0 Å². The Morgan fingerprint density at radius 1 is 1.41 bits per heavy atom. The van der Waals surface area contributed by atoms with Gasteiger partial charge in [0.2, 0.25) is 0 Å². The highest BCUT2D eigenvalue weighted by Crippen LogP contribution is 2.25. The quantitative estimate of drug-likeness (QED) is 0.854. The van der Waals surface area contributed by atoms with Crippen LogP contribution in [0.15, 0.2) is 29.6 Å². The number of rotatable bonds is 5. The second-order valence-corrected chi connectivity index (χ2v) is 5.40. The molecule has 2 aromatic rings. The molecule has 0 aliphatic carbocycles. The molecule has 1 unspecified atom stereocenters. The normalized spacial score (nSPS) is 11.0. The number of carbonyl (C=O) groups is 1. The van der Waals surface area contributed by atoms with Crippen LogP contribution in [0.3, 0.4) is 0 Å². The number of benzene rings is 1. The van der Waals surface area contributed by atoms with Gasteiger partial charge in [-0.05, 0) is 25.5 Å². The van der Waals surface area contributed by atoms with E-state index in [1.54, 1.807) is 23.6 Å². The number of hydrogen-bond acceptors (Lipinski definition) is 4. The number of amides is 1. The fraction of sp³-hybridized carbons (Fsp3) is 0.286. The highest BCUT2D eigenvalue weighted by atomic mass is 35.5. The molecule has 22 heavy (non-hydrogen) atoms. The number of carbonyl (C=O) groups excluding carboxylic acids is 1. The first-order valence-corrected chi connectivity index (χ1v) is 7.20. The van der Waals surface area contributed by atoms with Gasteiger partial charge in [-0.3, -0.25) is 4.79 Å². The first-order chi connectivity index (χ1) is 9.58. The van der Waals surface area contributed by atoms with Crippen LogP contribution in [0.5, 0.6) is 0 Å². The smallest absolute Gasteiger partial charge is 0.270 e. The van der Waals surface area contributed by atoms with Crippen LogP contribution in [0.4, 0.5) is 4.39 Å². The minimum atomic E-state index is -0.342. The van der Waals surface area contributed by atoms with E-state index >= 15 is 0 Å². The maximum Gasteiger partial charge on any atom is 0.270 e. The van der Waals surface area contributed by atoms with Gasteiger partial charge >= 0.3 is 0 Å². The largest absolute Gasteiger partial charge is 0.351 e. The molecule has 0 bridgehead atoms. The zero-order valence-corrected chi connectivity index (χ0v) is 14.4.